The van der Waals surface area contributed by atoms with Gasteiger partial charge >= 0.3 is 23.5 Å². The topological polar surface area (TPSA) is 169 Å². The largest absolute Gasteiger partial charge is 0.490 e. The van der Waals surface area contributed by atoms with Gasteiger partial charge in [0.25, 0.3) is 0 Å². The van der Waals surface area contributed by atoms with Gasteiger partial charge in [-0.15, -0.1) is 0 Å². The lowest BCUT2D eigenvalue weighted by molar-refractivity contribution is 0.116. The molecule has 0 saturated heterocycles. The van der Waals surface area contributed by atoms with Gasteiger partial charge in [0.05, 0.1) is 13.2 Å². The van der Waals surface area contributed by atoms with Crippen LogP contribution >= 0.6 is 23.5 Å². The summed E-state index contributed by atoms with van der Waals surface area (Å²) in [6, 6.07) is 0. The summed E-state index contributed by atoms with van der Waals surface area (Å²) >= 11 is 0. The first kappa shape index (κ1) is 17.4. The molecule has 0 heterocycles. The molecule has 0 amide bonds. The lowest BCUT2D eigenvalue weighted by Crippen LogP contribution is -2.02. The zero-order valence-electron chi connectivity index (χ0n) is 8.40. The van der Waals surface area contributed by atoms with E-state index in [-0.39, 0.29) is 6.61 Å². The van der Waals surface area contributed by atoms with Crippen LogP contribution in [0, 0.1) is 0 Å². The minimum absolute atomic E-state index is 0.108. The second kappa shape index (κ2) is 6.51. The van der Waals surface area contributed by atoms with Crippen LogP contribution in [0.1, 0.15) is 0 Å². The van der Waals surface area contributed by atoms with Gasteiger partial charge in [0.2, 0.25) is 0 Å². The van der Waals surface area contributed by atoms with E-state index < -0.39 is 30.1 Å². The number of hydrogen-bond donors (Lipinski definition) is 4. The smallest absolute Gasteiger partial charge is 0.382 e. The standard InChI is InChI=1S/C3H11O11P3/c1-11-2-3-12-16(7,8)14-17(9,10)13-15(4,5)6/h2-3H2,1H3,(H,7,8)(H,9,10)(H2,4,5,6). The first-order chi connectivity index (χ1) is 7.47. The Kier molecular flexibility index (Phi) is 6.65. The Morgan fingerprint density at radius 2 is 1.41 bits per heavy atom. The lowest BCUT2D eigenvalue weighted by atomic mass is 10.8. The van der Waals surface area contributed by atoms with Crippen molar-refractivity contribution in [2.75, 3.05) is 20.3 Å². The van der Waals surface area contributed by atoms with E-state index in [1.807, 2.05) is 0 Å². The minimum Gasteiger partial charge on any atom is -0.382 e. The highest BCUT2D eigenvalue weighted by Crippen LogP contribution is 2.66. The minimum atomic E-state index is -5.43. The van der Waals surface area contributed by atoms with Crippen molar-refractivity contribution in [2.45, 2.75) is 0 Å². The van der Waals surface area contributed by atoms with Gasteiger partial charge in [-0.3, -0.25) is 4.52 Å². The van der Waals surface area contributed by atoms with Crippen LogP contribution in [0.3, 0.4) is 0 Å². The number of methoxy groups -OCH3 is 1. The highest BCUT2D eigenvalue weighted by Gasteiger charge is 2.40. The van der Waals surface area contributed by atoms with E-state index in [2.05, 4.69) is 17.9 Å². The maximum atomic E-state index is 11.0. The first-order valence-corrected chi connectivity index (χ1v) is 8.27. The molecule has 104 valence electrons. The van der Waals surface area contributed by atoms with Gasteiger partial charge in [0.1, 0.15) is 0 Å². The van der Waals surface area contributed by atoms with Gasteiger partial charge in [0.15, 0.2) is 0 Å². The number of rotatable bonds is 8. The Bertz CT molecular complexity index is 370. The fourth-order valence-corrected chi connectivity index (χ4v) is 3.54. The second-order valence-electron chi connectivity index (χ2n) is 2.42. The Morgan fingerprint density at radius 1 is 0.882 bits per heavy atom. The Labute approximate surface area is 95.7 Å². The number of hydrogen-bond acceptors (Lipinski definition) is 7. The number of ether oxygens (including phenoxy) is 1. The van der Waals surface area contributed by atoms with Crippen molar-refractivity contribution in [3.8, 4) is 0 Å². The summed E-state index contributed by atoms with van der Waals surface area (Å²) in [5.74, 6) is 0. The average molecular weight is 316 g/mol. The van der Waals surface area contributed by atoms with E-state index in [0.29, 0.717) is 0 Å². The molecule has 0 fully saturated rings. The number of phosphoric ester groups is 1. The van der Waals surface area contributed by atoms with Gasteiger partial charge in [0, 0.05) is 7.11 Å². The molecule has 0 aliphatic rings. The molecular weight excluding hydrogens is 305 g/mol. The maximum absolute atomic E-state index is 11.0. The average Bonchev–Trinajstić information content (AvgIpc) is 1.96. The summed E-state index contributed by atoms with van der Waals surface area (Å²) in [5.41, 5.74) is 0. The maximum Gasteiger partial charge on any atom is 0.490 e. The lowest BCUT2D eigenvalue weighted by Gasteiger charge is -2.15. The summed E-state index contributed by atoms with van der Waals surface area (Å²) in [5, 5.41) is 0. The molecule has 0 aliphatic carbocycles. The SMILES string of the molecule is COCCOP(=O)(O)OP(=O)(O)OP(=O)(O)O. The monoisotopic (exact) mass is 316 g/mol. The van der Waals surface area contributed by atoms with E-state index in [1.165, 1.54) is 7.11 Å². The van der Waals surface area contributed by atoms with Gasteiger partial charge in [-0.05, 0) is 0 Å². The van der Waals surface area contributed by atoms with E-state index in [4.69, 9.17) is 19.6 Å². The van der Waals surface area contributed by atoms with E-state index in [9.17, 15) is 13.7 Å². The molecule has 17 heavy (non-hydrogen) atoms. The molecule has 0 radical (unpaired) electrons. The van der Waals surface area contributed by atoms with Crippen LogP contribution in [0.25, 0.3) is 0 Å². The van der Waals surface area contributed by atoms with Gasteiger partial charge in [-0.25, -0.2) is 13.7 Å². The van der Waals surface area contributed by atoms with Crippen molar-refractivity contribution in [3.05, 3.63) is 0 Å². The second-order valence-corrected chi connectivity index (χ2v) is 6.84. The molecular formula is C3H11O11P3. The Morgan fingerprint density at radius 3 is 1.82 bits per heavy atom. The molecule has 0 bridgehead atoms. The summed E-state index contributed by atoms with van der Waals surface area (Å²) in [6.45, 7) is -0.552. The normalized spacial score (nSPS) is 19.6. The van der Waals surface area contributed by atoms with Crippen LogP contribution in [-0.2, 0) is 31.6 Å². The Hall–Kier alpha value is 0.370. The van der Waals surface area contributed by atoms with Crippen molar-refractivity contribution in [1.29, 1.82) is 0 Å². The molecule has 0 aliphatic heterocycles. The third-order valence-corrected chi connectivity index (χ3v) is 4.79. The molecule has 2 unspecified atom stereocenters. The molecule has 0 aromatic heterocycles. The highest BCUT2D eigenvalue weighted by atomic mass is 31.3. The Balaban J connectivity index is 4.44. The fourth-order valence-electron chi connectivity index (χ4n) is 0.539. The molecule has 0 spiro atoms. The predicted molar refractivity (Wildman–Crippen MR) is 51.7 cm³/mol. The summed E-state index contributed by atoms with van der Waals surface area (Å²) in [4.78, 5) is 34.0. The molecule has 0 aromatic rings. The molecule has 14 heteroatoms. The van der Waals surface area contributed by atoms with E-state index in [0.717, 1.165) is 0 Å². The quantitative estimate of drug-likeness (QED) is 0.350. The van der Waals surface area contributed by atoms with E-state index >= 15 is 0 Å². The van der Waals surface area contributed by atoms with Crippen LogP contribution in [0.2, 0.25) is 0 Å². The van der Waals surface area contributed by atoms with Crippen LogP contribution in [0.4, 0.5) is 0 Å². The van der Waals surface area contributed by atoms with Crippen molar-refractivity contribution >= 4 is 23.5 Å². The molecule has 4 N–H and O–H groups in total. The molecule has 0 rings (SSSR count). The molecule has 2 atom stereocenters. The van der Waals surface area contributed by atoms with E-state index in [1.54, 1.807) is 0 Å². The molecule has 0 aromatic carbocycles. The number of phosphoric acid groups is 3. The summed E-state index contributed by atoms with van der Waals surface area (Å²) in [6.07, 6.45) is 0. The van der Waals surface area contributed by atoms with Crippen LogP contribution in [0.5, 0.6) is 0 Å². The van der Waals surface area contributed by atoms with Gasteiger partial charge < -0.3 is 24.3 Å². The first-order valence-electron chi connectivity index (χ1n) is 3.75. The third kappa shape index (κ3) is 10.0. The van der Waals surface area contributed by atoms with Gasteiger partial charge in [-0.2, -0.15) is 8.62 Å². The summed E-state index contributed by atoms with van der Waals surface area (Å²) in [7, 11) is -14.5. The van der Waals surface area contributed by atoms with Crippen molar-refractivity contribution in [3.63, 3.8) is 0 Å². The summed E-state index contributed by atoms with van der Waals surface area (Å²) < 4.78 is 47.5. The van der Waals surface area contributed by atoms with Crippen molar-refractivity contribution in [1.82, 2.24) is 0 Å². The fraction of sp³-hybridized carbons (Fsp3) is 1.00. The third-order valence-electron chi connectivity index (χ3n) is 0.958. The zero-order valence-corrected chi connectivity index (χ0v) is 11.1. The zero-order chi connectivity index (χ0) is 13.7. The molecule has 11 nitrogen and oxygen atoms in total. The van der Waals surface area contributed by atoms with Crippen molar-refractivity contribution in [2.24, 2.45) is 0 Å². The van der Waals surface area contributed by atoms with Crippen molar-refractivity contribution < 1.29 is 51.2 Å². The van der Waals surface area contributed by atoms with Crippen LogP contribution in [-0.4, -0.2) is 39.9 Å². The predicted octanol–water partition coefficient (Wildman–Crippen LogP) is -0.0239. The van der Waals surface area contributed by atoms with Gasteiger partial charge in [-0.1, -0.05) is 0 Å². The van der Waals surface area contributed by atoms with Crippen LogP contribution < -0.4 is 0 Å². The highest BCUT2D eigenvalue weighted by molar-refractivity contribution is 7.66. The molecule has 0 saturated carbocycles. The van der Waals surface area contributed by atoms with Crippen LogP contribution in [0.15, 0.2) is 0 Å².